The van der Waals surface area contributed by atoms with E-state index in [2.05, 4.69) is 4.90 Å². The lowest BCUT2D eigenvalue weighted by molar-refractivity contribution is -0.165. The number of ether oxygens (including phenoxy) is 2. The molecule has 0 bridgehead atoms. The molecular formula is C19H32N2O3. The first-order chi connectivity index (χ1) is 11.8. The largest absolute Gasteiger partial charge is 0.377 e. The van der Waals surface area contributed by atoms with E-state index in [0.29, 0.717) is 12.7 Å². The second kappa shape index (κ2) is 7.30. The van der Waals surface area contributed by atoms with E-state index < -0.39 is 0 Å². The number of likely N-dealkylation sites (tertiary alicyclic amines) is 2. The molecule has 0 unspecified atom stereocenters. The highest BCUT2D eigenvalue weighted by molar-refractivity contribution is 5.77. The molecule has 0 aromatic carbocycles. The van der Waals surface area contributed by atoms with Gasteiger partial charge in [0.1, 0.15) is 6.61 Å². The molecule has 24 heavy (non-hydrogen) atoms. The minimum absolute atomic E-state index is 0.109. The second-order valence-electron chi connectivity index (χ2n) is 8.25. The highest BCUT2D eigenvalue weighted by atomic mass is 16.5. The van der Waals surface area contributed by atoms with E-state index in [9.17, 15) is 4.79 Å². The molecule has 3 saturated heterocycles. The van der Waals surface area contributed by atoms with Crippen LogP contribution in [-0.4, -0.2) is 73.9 Å². The van der Waals surface area contributed by atoms with E-state index in [4.69, 9.17) is 9.47 Å². The van der Waals surface area contributed by atoms with Gasteiger partial charge in [-0.15, -0.1) is 0 Å². The Morgan fingerprint density at radius 3 is 2.67 bits per heavy atom. The minimum Gasteiger partial charge on any atom is -0.377 e. The molecule has 4 rings (SSSR count). The molecule has 4 fully saturated rings. The molecule has 1 aliphatic carbocycles. The Hall–Kier alpha value is -0.650. The predicted molar refractivity (Wildman–Crippen MR) is 91.9 cm³/mol. The van der Waals surface area contributed by atoms with Crippen molar-refractivity contribution in [3.05, 3.63) is 0 Å². The average molecular weight is 336 g/mol. The highest BCUT2D eigenvalue weighted by Crippen LogP contribution is 2.42. The van der Waals surface area contributed by atoms with Gasteiger partial charge in [-0.2, -0.15) is 0 Å². The third-order valence-electron chi connectivity index (χ3n) is 6.68. The zero-order valence-corrected chi connectivity index (χ0v) is 14.9. The maximum atomic E-state index is 12.2. The summed E-state index contributed by atoms with van der Waals surface area (Å²) in [5.74, 6) is 0.170. The fourth-order valence-corrected chi connectivity index (χ4v) is 5.00. The van der Waals surface area contributed by atoms with Crippen LogP contribution in [-0.2, 0) is 14.3 Å². The van der Waals surface area contributed by atoms with Crippen LogP contribution in [0.1, 0.15) is 51.4 Å². The van der Waals surface area contributed by atoms with Gasteiger partial charge in [-0.3, -0.25) is 9.69 Å². The average Bonchev–Trinajstić information content (AvgIpc) is 3.07. The molecule has 3 aliphatic heterocycles. The fourth-order valence-electron chi connectivity index (χ4n) is 5.00. The molecular weight excluding hydrogens is 304 g/mol. The number of fused-ring (bicyclic) bond motifs is 1. The van der Waals surface area contributed by atoms with Crippen molar-refractivity contribution >= 4 is 5.91 Å². The van der Waals surface area contributed by atoms with E-state index in [1.165, 1.54) is 32.2 Å². The number of piperidine rings is 1. The number of hydrogen-bond donors (Lipinski definition) is 0. The molecule has 2 atom stereocenters. The highest BCUT2D eigenvalue weighted by Gasteiger charge is 2.47. The van der Waals surface area contributed by atoms with Gasteiger partial charge in [-0.25, -0.2) is 0 Å². The first kappa shape index (κ1) is 16.8. The number of amides is 1. The molecule has 5 nitrogen and oxygen atoms in total. The SMILES string of the molecule is O=C(COC[C@@]12CCCO[C@@H]1CCN(C1CCC1)C2)N1CCCC1. The van der Waals surface area contributed by atoms with Crippen molar-refractivity contribution in [2.24, 2.45) is 5.41 Å². The summed E-state index contributed by atoms with van der Waals surface area (Å²) in [4.78, 5) is 16.9. The topological polar surface area (TPSA) is 42.0 Å². The van der Waals surface area contributed by atoms with Crippen molar-refractivity contribution in [3.8, 4) is 0 Å². The Morgan fingerprint density at radius 2 is 1.92 bits per heavy atom. The minimum atomic E-state index is 0.109. The van der Waals surface area contributed by atoms with Gasteiger partial charge >= 0.3 is 0 Å². The van der Waals surface area contributed by atoms with E-state index in [-0.39, 0.29) is 17.9 Å². The van der Waals surface area contributed by atoms with Crippen LogP contribution in [0.15, 0.2) is 0 Å². The second-order valence-corrected chi connectivity index (χ2v) is 8.25. The van der Waals surface area contributed by atoms with Gasteiger partial charge in [0.2, 0.25) is 5.91 Å². The Balaban J connectivity index is 1.34. The molecule has 4 aliphatic rings. The van der Waals surface area contributed by atoms with E-state index in [1.807, 2.05) is 4.90 Å². The summed E-state index contributed by atoms with van der Waals surface area (Å²) in [5.41, 5.74) is 0.109. The maximum Gasteiger partial charge on any atom is 0.248 e. The van der Waals surface area contributed by atoms with Crippen LogP contribution in [0.4, 0.5) is 0 Å². The van der Waals surface area contributed by atoms with Gasteiger partial charge in [0.25, 0.3) is 0 Å². The number of carbonyl (C=O) groups excluding carboxylic acids is 1. The van der Waals surface area contributed by atoms with Crippen LogP contribution in [0, 0.1) is 5.41 Å². The van der Waals surface area contributed by atoms with Crippen molar-refractivity contribution in [3.63, 3.8) is 0 Å². The first-order valence-electron chi connectivity index (χ1n) is 9.98. The quantitative estimate of drug-likeness (QED) is 0.771. The van der Waals surface area contributed by atoms with Gasteiger partial charge in [-0.1, -0.05) is 6.42 Å². The number of hydrogen-bond acceptors (Lipinski definition) is 4. The summed E-state index contributed by atoms with van der Waals surface area (Å²) in [6.07, 6.45) is 10.1. The van der Waals surface area contributed by atoms with Crippen LogP contribution in [0.25, 0.3) is 0 Å². The number of carbonyl (C=O) groups is 1. The summed E-state index contributed by atoms with van der Waals surface area (Å²) < 4.78 is 12.1. The standard InChI is InChI=1S/C19H32N2O3/c22-18(20-9-1-2-10-20)13-23-15-19-8-4-12-24-17(19)7-11-21(14-19)16-5-3-6-16/h16-17H,1-15H2/t17-,19+/m1/s1. The zero-order chi connectivity index (χ0) is 16.4. The van der Waals surface area contributed by atoms with Crippen molar-refractivity contribution < 1.29 is 14.3 Å². The van der Waals surface area contributed by atoms with Crippen molar-refractivity contribution in [2.45, 2.75) is 63.5 Å². The lowest BCUT2D eigenvalue weighted by Gasteiger charge is -2.53. The summed E-state index contributed by atoms with van der Waals surface area (Å²) in [6, 6.07) is 0.788. The molecule has 5 heteroatoms. The van der Waals surface area contributed by atoms with Crippen LogP contribution in [0.2, 0.25) is 0 Å². The van der Waals surface area contributed by atoms with E-state index in [0.717, 1.165) is 58.0 Å². The molecule has 3 heterocycles. The third kappa shape index (κ3) is 3.35. The van der Waals surface area contributed by atoms with Gasteiger partial charge in [0.05, 0.1) is 12.7 Å². The molecule has 1 amide bonds. The fraction of sp³-hybridized carbons (Fsp3) is 0.947. The lowest BCUT2D eigenvalue weighted by atomic mass is 9.72. The van der Waals surface area contributed by atoms with Gasteiger partial charge in [0, 0.05) is 44.2 Å². The monoisotopic (exact) mass is 336 g/mol. The predicted octanol–water partition coefficient (Wildman–Crippen LogP) is 2.05. The van der Waals surface area contributed by atoms with E-state index in [1.54, 1.807) is 0 Å². The normalized spacial score (nSPS) is 34.8. The zero-order valence-electron chi connectivity index (χ0n) is 14.9. The van der Waals surface area contributed by atoms with Gasteiger partial charge in [0.15, 0.2) is 0 Å². The van der Waals surface area contributed by atoms with Crippen molar-refractivity contribution in [1.82, 2.24) is 9.80 Å². The Morgan fingerprint density at radius 1 is 1.08 bits per heavy atom. The molecule has 0 spiro atoms. The van der Waals surface area contributed by atoms with E-state index >= 15 is 0 Å². The number of nitrogens with zero attached hydrogens (tertiary/aromatic N) is 2. The lowest BCUT2D eigenvalue weighted by Crippen LogP contribution is -2.59. The van der Waals surface area contributed by atoms with Crippen LogP contribution in [0.3, 0.4) is 0 Å². The summed E-state index contributed by atoms with van der Waals surface area (Å²) in [7, 11) is 0. The third-order valence-corrected chi connectivity index (χ3v) is 6.68. The molecule has 1 saturated carbocycles. The summed E-state index contributed by atoms with van der Waals surface area (Å²) in [5, 5.41) is 0. The Kier molecular flexibility index (Phi) is 5.11. The summed E-state index contributed by atoms with van der Waals surface area (Å²) >= 11 is 0. The van der Waals surface area contributed by atoms with Crippen molar-refractivity contribution in [1.29, 1.82) is 0 Å². The number of rotatable bonds is 5. The Labute approximate surface area is 145 Å². The van der Waals surface area contributed by atoms with Gasteiger partial charge < -0.3 is 14.4 Å². The van der Waals surface area contributed by atoms with Crippen molar-refractivity contribution in [2.75, 3.05) is 46.0 Å². The maximum absolute atomic E-state index is 12.2. The smallest absolute Gasteiger partial charge is 0.248 e. The molecule has 136 valence electrons. The molecule has 0 N–H and O–H groups in total. The molecule has 0 aromatic rings. The first-order valence-corrected chi connectivity index (χ1v) is 9.98. The van der Waals surface area contributed by atoms with Crippen LogP contribution >= 0.6 is 0 Å². The van der Waals surface area contributed by atoms with Gasteiger partial charge in [-0.05, 0) is 44.9 Å². The molecule has 0 aromatic heterocycles. The van der Waals surface area contributed by atoms with Crippen LogP contribution in [0.5, 0.6) is 0 Å². The summed E-state index contributed by atoms with van der Waals surface area (Å²) in [6.45, 7) is 5.91. The Bertz CT molecular complexity index is 448. The molecule has 0 radical (unpaired) electrons. The van der Waals surface area contributed by atoms with Crippen LogP contribution < -0.4 is 0 Å².